The molecule has 150 valence electrons. The number of nitro benzene ring substituents is 1. The Morgan fingerprint density at radius 2 is 1.71 bits per heavy atom. The van der Waals surface area contributed by atoms with E-state index in [9.17, 15) is 22.9 Å². The highest BCUT2D eigenvalue weighted by molar-refractivity contribution is 7.89. The maximum atomic E-state index is 13.7. The fraction of sp³-hybridized carbons (Fsp3) is 0.333. The van der Waals surface area contributed by atoms with Crippen molar-refractivity contribution in [1.29, 1.82) is 0 Å². The van der Waals surface area contributed by atoms with E-state index in [4.69, 9.17) is 4.74 Å². The number of rotatable bonds is 5. The molecular weight excluding hydrogens is 389 g/mol. The van der Waals surface area contributed by atoms with Gasteiger partial charge < -0.3 is 9.64 Å². The van der Waals surface area contributed by atoms with E-state index in [1.54, 1.807) is 17.0 Å². The molecule has 1 aliphatic heterocycles. The summed E-state index contributed by atoms with van der Waals surface area (Å²) in [5.74, 6) is -0.0843. The van der Waals surface area contributed by atoms with Crippen molar-refractivity contribution in [2.24, 2.45) is 0 Å². The van der Waals surface area contributed by atoms with Crippen LogP contribution in [-0.4, -0.2) is 50.9 Å². The van der Waals surface area contributed by atoms with Crippen LogP contribution in [0.25, 0.3) is 0 Å². The first-order valence-electron chi connectivity index (χ1n) is 8.57. The van der Waals surface area contributed by atoms with Crippen molar-refractivity contribution < 1.29 is 22.5 Å². The van der Waals surface area contributed by atoms with Crippen molar-refractivity contribution in [2.75, 3.05) is 38.2 Å². The smallest absolute Gasteiger partial charge is 0.295 e. The zero-order chi connectivity index (χ0) is 20.5. The molecule has 0 spiro atoms. The van der Waals surface area contributed by atoms with Gasteiger partial charge in [-0.3, -0.25) is 10.1 Å². The Bertz CT molecular complexity index is 987. The summed E-state index contributed by atoms with van der Waals surface area (Å²) in [5, 5.41) is 11.3. The quantitative estimate of drug-likeness (QED) is 0.557. The predicted molar refractivity (Wildman–Crippen MR) is 102 cm³/mol. The van der Waals surface area contributed by atoms with Crippen LogP contribution in [0.4, 0.5) is 15.8 Å². The summed E-state index contributed by atoms with van der Waals surface area (Å²) in [5.41, 5.74) is 0.272. The Labute approximate surface area is 162 Å². The lowest BCUT2D eigenvalue weighted by Gasteiger charge is -2.35. The van der Waals surface area contributed by atoms with E-state index in [0.717, 1.165) is 6.07 Å². The normalized spacial score (nSPS) is 15.5. The summed E-state index contributed by atoms with van der Waals surface area (Å²) in [4.78, 5) is 12.5. The number of aryl methyl sites for hydroxylation is 1. The van der Waals surface area contributed by atoms with Crippen LogP contribution in [0.5, 0.6) is 5.75 Å². The van der Waals surface area contributed by atoms with Gasteiger partial charge >= 0.3 is 0 Å². The second kappa shape index (κ2) is 7.72. The number of methoxy groups -OCH3 is 1. The number of nitrogens with zero attached hydrogens (tertiary/aromatic N) is 3. The molecular formula is C18H20FN3O5S. The van der Waals surface area contributed by atoms with Gasteiger partial charge in [-0.25, -0.2) is 12.8 Å². The molecule has 0 bridgehead atoms. The highest BCUT2D eigenvalue weighted by atomic mass is 32.2. The Balaban J connectivity index is 1.79. The fourth-order valence-corrected chi connectivity index (χ4v) is 4.54. The van der Waals surface area contributed by atoms with Gasteiger partial charge in [-0.2, -0.15) is 4.31 Å². The molecule has 8 nitrogen and oxygen atoms in total. The average Bonchev–Trinajstić information content (AvgIpc) is 2.69. The van der Waals surface area contributed by atoms with Crippen LogP contribution in [0.15, 0.2) is 41.3 Å². The van der Waals surface area contributed by atoms with Crippen molar-refractivity contribution in [3.8, 4) is 5.75 Å². The molecule has 0 aromatic heterocycles. The Hall–Kier alpha value is -2.72. The summed E-state index contributed by atoms with van der Waals surface area (Å²) in [6, 6.07) is 8.46. The number of hydrogen-bond donors (Lipinski definition) is 0. The average molecular weight is 409 g/mol. The number of anilines is 1. The number of sulfonamides is 1. The SMILES string of the molecule is COc1ccc(S(=O)(=O)N2CCN(c3cc(C)c(F)cc3[N+](=O)[O-])CC2)cc1. The van der Waals surface area contributed by atoms with Crippen molar-refractivity contribution >= 4 is 21.4 Å². The monoisotopic (exact) mass is 409 g/mol. The maximum Gasteiger partial charge on any atom is 0.295 e. The van der Waals surface area contributed by atoms with Gasteiger partial charge in [0, 0.05) is 26.2 Å². The second-order valence-electron chi connectivity index (χ2n) is 6.41. The van der Waals surface area contributed by atoms with Gasteiger partial charge in [-0.1, -0.05) is 0 Å². The molecule has 3 rings (SSSR count). The van der Waals surface area contributed by atoms with Crippen LogP contribution < -0.4 is 9.64 Å². The van der Waals surface area contributed by atoms with Gasteiger partial charge in [0.05, 0.1) is 23.0 Å². The third-order valence-corrected chi connectivity index (χ3v) is 6.64. The van der Waals surface area contributed by atoms with Gasteiger partial charge in [-0.15, -0.1) is 0 Å². The molecule has 0 N–H and O–H groups in total. The van der Waals surface area contributed by atoms with Crippen molar-refractivity contribution in [1.82, 2.24) is 4.31 Å². The standard InChI is InChI=1S/C18H20FN3O5S/c1-13-11-17(18(22(23)24)12-16(13)19)20-7-9-21(10-8-20)28(25,26)15-5-3-14(27-2)4-6-15/h3-6,11-12H,7-10H2,1-2H3. The van der Waals surface area contributed by atoms with E-state index in [-0.39, 0.29) is 36.8 Å². The molecule has 2 aromatic rings. The fourth-order valence-electron chi connectivity index (χ4n) is 3.12. The van der Waals surface area contributed by atoms with E-state index in [1.807, 2.05) is 0 Å². The highest BCUT2D eigenvalue weighted by Crippen LogP contribution is 2.32. The second-order valence-corrected chi connectivity index (χ2v) is 8.35. The summed E-state index contributed by atoms with van der Waals surface area (Å²) in [7, 11) is -2.18. The minimum absolute atomic E-state index is 0.158. The maximum absolute atomic E-state index is 13.7. The molecule has 2 aromatic carbocycles. The van der Waals surface area contributed by atoms with E-state index in [0.29, 0.717) is 17.0 Å². The molecule has 1 aliphatic rings. The molecule has 0 aliphatic carbocycles. The number of nitro groups is 1. The summed E-state index contributed by atoms with van der Waals surface area (Å²) in [6.45, 7) is 2.40. The van der Waals surface area contributed by atoms with Crippen molar-refractivity contribution in [3.05, 3.63) is 57.9 Å². The minimum Gasteiger partial charge on any atom is -0.497 e. The van der Waals surface area contributed by atoms with Gasteiger partial charge in [0.25, 0.3) is 5.69 Å². The summed E-state index contributed by atoms with van der Waals surface area (Å²) in [6.07, 6.45) is 0. The Morgan fingerprint density at radius 3 is 2.25 bits per heavy atom. The summed E-state index contributed by atoms with van der Waals surface area (Å²) < 4.78 is 45.7. The third kappa shape index (κ3) is 3.78. The first-order chi connectivity index (χ1) is 13.2. The van der Waals surface area contributed by atoms with Gasteiger partial charge in [-0.05, 0) is 42.8 Å². The molecule has 1 saturated heterocycles. The lowest BCUT2D eigenvalue weighted by atomic mass is 10.1. The number of hydrogen-bond acceptors (Lipinski definition) is 6. The lowest BCUT2D eigenvalue weighted by Crippen LogP contribution is -2.48. The van der Waals surface area contributed by atoms with Crippen LogP contribution in [0.3, 0.4) is 0 Å². The molecule has 0 atom stereocenters. The highest BCUT2D eigenvalue weighted by Gasteiger charge is 2.31. The first-order valence-corrected chi connectivity index (χ1v) is 10.0. The Morgan fingerprint density at radius 1 is 1.11 bits per heavy atom. The van der Waals surface area contributed by atoms with E-state index in [2.05, 4.69) is 0 Å². The molecule has 10 heteroatoms. The molecule has 1 heterocycles. The zero-order valence-corrected chi connectivity index (χ0v) is 16.3. The molecule has 0 saturated carbocycles. The number of piperazine rings is 1. The number of ether oxygens (including phenoxy) is 1. The van der Waals surface area contributed by atoms with Crippen molar-refractivity contribution in [2.45, 2.75) is 11.8 Å². The molecule has 0 unspecified atom stereocenters. The topological polar surface area (TPSA) is 93.0 Å². The van der Waals surface area contributed by atoms with Gasteiger partial charge in [0.15, 0.2) is 0 Å². The zero-order valence-electron chi connectivity index (χ0n) is 15.5. The third-order valence-electron chi connectivity index (χ3n) is 4.73. The van der Waals surface area contributed by atoms with Crippen LogP contribution in [0.2, 0.25) is 0 Å². The van der Waals surface area contributed by atoms with E-state index < -0.39 is 20.8 Å². The number of benzene rings is 2. The van der Waals surface area contributed by atoms with Crippen LogP contribution >= 0.6 is 0 Å². The minimum atomic E-state index is -3.68. The summed E-state index contributed by atoms with van der Waals surface area (Å²) >= 11 is 0. The van der Waals surface area contributed by atoms with Gasteiger partial charge in [0.2, 0.25) is 10.0 Å². The van der Waals surface area contributed by atoms with E-state index >= 15 is 0 Å². The van der Waals surface area contributed by atoms with E-state index in [1.165, 1.54) is 36.5 Å². The van der Waals surface area contributed by atoms with Gasteiger partial charge in [0.1, 0.15) is 17.3 Å². The largest absolute Gasteiger partial charge is 0.497 e. The molecule has 28 heavy (non-hydrogen) atoms. The molecule has 0 amide bonds. The Kier molecular flexibility index (Phi) is 5.52. The van der Waals surface area contributed by atoms with Crippen LogP contribution in [-0.2, 0) is 10.0 Å². The van der Waals surface area contributed by atoms with Crippen LogP contribution in [0.1, 0.15) is 5.56 Å². The molecule has 1 fully saturated rings. The number of halogens is 1. The predicted octanol–water partition coefficient (Wildman–Crippen LogP) is 2.56. The lowest BCUT2D eigenvalue weighted by molar-refractivity contribution is -0.384. The van der Waals surface area contributed by atoms with Crippen LogP contribution in [0, 0.1) is 22.9 Å². The molecule has 0 radical (unpaired) electrons. The first kappa shape index (κ1) is 20.0. The van der Waals surface area contributed by atoms with Crippen molar-refractivity contribution in [3.63, 3.8) is 0 Å².